The van der Waals surface area contributed by atoms with Crippen LogP contribution in [0.15, 0.2) is 47.5 Å². The molecule has 0 bridgehead atoms. The molecule has 1 heterocycles. The van der Waals surface area contributed by atoms with Gasteiger partial charge < -0.3 is 24.8 Å². The fourth-order valence-electron chi connectivity index (χ4n) is 9.97. The first-order valence-corrected chi connectivity index (χ1v) is 23.4. The molecule has 2 unspecified atom stereocenters. The standard InChI is InChI=1S/2C21H23.C2H4.2ClH.Zr/c2*1-12-10-18-16(5)15(4)17(6)21(19(18)11-12)20-13(2)8-7-9-14(20)3;1-2;;;/h2*7-11H,1-6H3;1-2H2;2*1H;/q;;;;;+2/p-2. The van der Waals surface area contributed by atoms with Crippen molar-refractivity contribution in [2.24, 2.45) is 0 Å². The Bertz CT molecular complexity index is 1850. The Morgan fingerprint density at radius 1 is 0.426 bits per heavy atom. The first-order chi connectivity index (χ1) is 21.3. The van der Waals surface area contributed by atoms with E-state index in [-0.39, 0.29) is 24.8 Å². The molecule has 244 valence electrons. The maximum absolute atomic E-state index is 2.83. The van der Waals surface area contributed by atoms with E-state index < -0.39 is 20.3 Å². The van der Waals surface area contributed by atoms with Crippen LogP contribution in [0.25, 0.3) is 34.4 Å². The Morgan fingerprint density at radius 3 is 1.04 bits per heavy atom. The Labute approximate surface area is 301 Å². The van der Waals surface area contributed by atoms with Gasteiger partial charge in [0.15, 0.2) is 0 Å². The normalized spacial score (nSPS) is 17.9. The second-order valence-electron chi connectivity index (χ2n) is 15.1. The molecule has 4 aromatic carbocycles. The van der Waals surface area contributed by atoms with Crippen LogP contribution in [0.5, 0.6) is 0 Å². The number of hydrogen-bond acceptors (Lipinski definition) is 0. The van der Waals surface area contributed by atoms with Crippen molar-refractivity contribution in [3.8, 4) is 22.3 Å². The van der Waals surface area contributed by atoms with Crippen LogP contribution in [0.4, 0.5) is 0 Å². The van der Waals surface area contributed by atoms with E-state index in [2.05, 4.69) is 132 Å². The predicted octanol–water partition coefficient (Wildman–Crippen LogP) is 6.73. The summed E-state index contributed by atoms with van der Waals surface area (Å²) >= 11 is -2.83. The fraction of sp³-hybridized carbons (Fsp3) is 0.364. The van der Waals surface area contributed by atoms with Crippen molar-refractivity contribution in [3.05, 3.63) is 125 Å². The summed E-state index contributed by atoms with van der Waals surface area (Å²) < 4.78 is 4.30. The number of fused-ring (bicyclic) bond motifs is 2. The van der Waals surface area contributed by atoms with Gasteiger partial charge in [-0.15, -0.1) is 0 Å². The Balaban J connectivity index is 0.00000217. The van der Waals surface area contributed by atoms with Gasteiger partial charge in [0.25, 0.3) is 0 Å². The molecule has 0 aromatic heterocycles. The van der Waals surface area contributed by atoms with Gasteiger partial charge in [-0.05, 0) is 0 Å². The molecule has 0 saturated carbocycles. The van der Waals surface area contributed by atoms with Gasteiger partial charge >= 0.3 is 279 Å². The minimum Gasteiger partial charge on any atom is -1.00 e. The van der Waals surface area contributed by atoms with Crippen LogP contribution in [0, 0.1) is 69.2 Å². The second-order valence-corrected chi connectivity index (χ2v) is 26.4. The summed E-state index contributed by atoms with van der Waals surface area (Å²) in [6.07, 6.45) is 5.28. The minimum atomic E-state index is -2.83. The van der Waals surface area contributed by atoms with Crippen molar-refractivity contribution in [1.82, 2.24) is 0 Å². The van der Waals surface area contributed by atoms with Crippen molar-refractivity contribution in [3.63, 3.8) is 0 Å². The van der Waals surface area contributed by atoms with Crippen LogP contribution >= 0.6 is 0 Å². The van der Waals surface area contributed by atoms with E-state index in [1.54, 1.807) is 44.5 Å². The Morgan fingerprint density at radius 2 is 0.745 bits per heavy atom. The van der Waals surface area contributed by atoms with Crippen molar-refractivity contribution < 1.29 is 45.1 Å². The van der Waals surface area contributed by atoms with E-state index in [4.69, 9.17) is 0 Å². The van der Waals surface area contributed by atoms with Crippen LogP contribution in [0.1, 0.15) is 99.0 Å². The first-order valence-electron chi connectivity index (χ1n) is 17.1. The van der Waals surface area contributed by atoms with Gasteiger partial charge in [-0.25, -0.2) is 0 Å². The third-order valence-electron chi connectivity index (χ3n) is 12.6. The fourth-order valence-corrected chi connectivity index (χ4v) is 28.1. The van der Waals surface area contributed by atoms with Crippen molar-refractivity contribution in [1.29, 1.82) is 0 Å². The molecule has 0 radical (unpaired) electrons. The summed E-state index contributed by atoms with van der Waals surface area (Å²) in [6.45, 7) is 28.6. The number of rotatable bonds is 4. The van der Waals surface area contributed by atoms with E-state index in [0.717, 1.165) is 0 Å². The van der Waals surface area contributed by atoms with Gasteiger partial charge in [0.05, 0.1) is 0 Å². The van der Waals surface area contributed by atoms with E-state index in [9.17, 15) is 0 Å². The van der Waals surface area contributed by atoms with Gasteiger partial charge in [0.2, 0.25) is 0 Å². The molecule has 3 heteroatoms. The predicted molar refractivity (Wildman–Crippen MR) is 194 cm³/mol. The molecular weight excluding hydrogens is 691 g/mol. The largest absolute Gasteiger partial charge is 1.00 e. The van der Waals surface area contributed by atoms with Gasteiger partial charge in [0.1, 0.15) is 0 Å². The zero-order valence-electron chi connectivity index (χ0n) is 30.4. The molecule has 0 spiro atoms. The minimum absolute atomic E-state index is 0. The summed E-state index contributed by atoms with van der Waals surface area (Å²) in [5, 5.41) is 0. The summed E-state index contributed by atoms with van der Waals surface area (Å²) in [5.74, 6) is 0. The zero-order chi connectivity index (χ0) is 32.3. The van der Waals surface area contributed by atoms with Gasteiger partial charge in [-0.1, -0.05) is 0 Å². The molecular formula is C44H50Cl2Zr. The summed E-state index contributed by atoms with van der Waals surface area (Å²) in [4.78, 5) is 0. The van der Waals surface area contributed by atoms with Crippen LogP contribution in [0.3, 0.4) is 0 Å². The molecule has 2 atom stereocenters. The van der Waals surface area contributed by atoms with E-state index >= 15 is 0 Å². The quantitative estimate of drug-likeness (QED) is 0.218. The zero-order valence-corrected chi connectivity index (χ0v) is 34.4. The Hall–Kier alpha value is -2.18. The molecule has 0 N–H and O–H groups in total. The monoisotopic (exact) mass is 738 g/mol. The maximum atomic E-state index is 2.64. The van der Waals surface area contributed by atoms with E-state index in [1.807, 2.05) is 0 Å². The van der Waals surface area contributed by atoms with Crippen LogP contribution in [0.2, 0.25) is 8.26 Å². The summed E-state index contributed by atoms with van der Waals surface area (Å²) in [6, 6.07) is 13.7. The van der Waals surface area contributed by atoms with E-state index in [1.165, 1.54) is 75.0 Å². The van der Waals surface area contributed by atoms with Gasteiger partial charge in [-0.2, -0.15) is 0 Å². The maximum Gasteiger partial charge on any atom is -1.00 e. The molecule has 7 rings (SSSR count). The van der Waals surface area contributed by atoms with Crippen LogP contribution in [-0.4, -0.2) is 0 Å². The second kappa shape index (κ2) is 12.6. The first kappa shape index (κ1) is 36.1. The molecule has 1 aliphatic heterocycles. The number of aryl methyl sites for hydroxylation is 4. The van der Waals surface area contributed by atoms with Crippen molar-refractivity contribution in [2.45, 2.75) is 98.6 Å². The average Bonchev–Trinajstić information content (AvgIpc) is 3.58. The van der Waals surface area contributed by atoms with Crippen LogP contribution in [-0.2, 0) is 20.3 Å². The topological polar surface area (TPSA) is 0 Å². The SMILES string of the molecule is CC1=Cc2c(-c3c(C)cccc3C)c(C)c(C)c(C)c2[CH]1[Zr+2]1([CH]2C(C)=Cc3c(-c4c(C)cccc4C)c(C)c(C)c(C)c32)[CH2][CH2]1.[Cl-].[Cl-]. The molecule has 0 nitrogen and oxygen atoms in total. The molecule has 2 aliphatic carbocycles. The molecule has 1 fully saturated rings. The van der Waals surface area contributed by atoms with Crippen LogP contribution < -0.4 is 24.8 Å². The Kier molecular flexibility index (Phi) is 9.69. The smallest absolute Gasteiger partial charge is 1.00 e. The third kappa shape index (κ3) is 5.08. The van der Waals surface area contributed by atoms with Gasteiger partial charge in [0, 0.05) is 0 Å². The van der Waals surface area contributed by atoms with Crippen molar-refractivity contribution in [2.75, 3.05) is 0 Å². The number of allylic oxidation sites excluding steroid dienone is 2. The van der Waals surface area contributed by atoms with Gasteiger partial charge in [-0.3, -0.25) is 0 Å². The average molecular weight is 741 g/mol. The van der Waals surface area contributed by atoms with E-state index in [0.29, 0.717) is 7.25 Å². The summed E-state index contributed by atoms with van der Waals surface area (Å²) in [5.41, 5.74) is 30.4. The molecule has 0 amide bonds. The number of hydrogen-bond donors (Lipinski definition) is 0. The molecule has 47 heavy (non-hydrogen) atoms. The molecule has 4 aromatic rings. The molecule has 1 saturated heterocycles. The third-order valence-corrected chi connectivity index (χ3v) is 26.0. The molecule has 3 aliphatic rings. The number of benzene rings is 4. The number of halogens is 2. The summed E-state index contributed by atoms with van der Waals surface area (Å²) in [7, 11) is 0. The van der Waals surface area contributed by atoms with Crippen molar-refractivity contribution >= 4 is 12.2 Å².